The molecular formula is C11H17N3O2. The molecule has 0 saturated carbocycles. The van der Waals surface area contributed by atoms with Gasteiger partial charge in [-0.1, -0.05) is 6.92 Å². The Morgan fingerprint density at radius 3 is 2.88 bits per heavy atom. The van der Waals surface area contributed by atoms with Gasteiger partial charge in [0.25, 0.3) is 0 Å². The van der Waals surface area contributed by atoms with Crippen molar-refractivity contribution in [3.63, 3.8) is 0 Å². The van der Waals surface area contributed by atoms with Gasteiger partial charge in [0.15, 0.2) is 0 Å². The molecule has 88 valence electrons. The number of aromatic nitrogens is 1. The zero-order chi connectivity index (χ0) is 11.8. The Labute approximate surface area is 95.2 Å². The summed E-state index contributed by atoms with van der Waals surface area (Å²) < 4.78 is 5.12. The molecule has 16 heavy (non-hydrogen) atoms. The van der Waals surface area contributed by atoms with Crippen LogP contribution < -0.4 is 10.6 Å². The molecule has 0 atom stereocenters. The molecule has 0 fully saturated rings. The predicted octanol–water partition coefficient (Wildman–Crippen LogP) is 1.49. The van der Waals surface area contributed by atoms with E-state index in [1.165, 1.54) is 0 Å². The maximum Gasteiger partial charge on any atom is 0.250 e. The quantitative estimate of drug-likeness (QED) is 0.717. The van der Waals surface area contributed by atoms with Crippen molar-refractivity contribution < 1.29 is 9.53 Å². The Hall–Kier alpha value is -1.62. The second-order valence-electron chi connectivity index (χ2n) is 3.28. The first-order chi connectivity index (χ1) is 7.76. The SMILES string of the molecule is CCCOCC(=O)Nc1ccc(NC)nc1. The van der Waals surface area contributed by atoms with Crippen molar-refractivity contribution in [3.05, 3.63) is 18.3 Å². The zero-order valence-electron chi connectivity index (χ0n) is 9.62. The van der Waals surface area contributed by atoms with Gasteiger partial charge in [-0.15, -0.1) is 0 Å². The van der Waals surface area contributed by atoms with Crippen LogP contribution in [0, 0.1) is 0 Å². The Kier molecular flexibility index (Phi) is 5.28. The van der Waals surface area contributed by atoms with E-state index in [0.29, 0.717) is 12.3 Å². The maximum atomic E-state index is 11.4. The Bertz CT molecular complexity index is 325. The molecule has 1 aromatic heterocycles. The van der Waals surface area contributed by atoms with Crippen LogP contribution in [0.15, 0.2) is 18.3 Å². The van der Waals surface area contributed by atoms with E-state index in [0.717, 1.165) is 12.2 Å². The van der Waals surface area contributed by atoms with Gasteiger partial charge in [-0.3, -0.25) is 4.79 Å². The number of hydrogen-bond acceptors (Lipinski definition) is 4. The molecular weight excluding hydrogens is 206 g/mol. The number of carbonyl (C=O) groups is 1. The lowest BCUT2D eigenvalue weighted by Crippen LogP contribution is -2.18. The number of pyridine rings is 1. The minimum atomic E-state index is -0.160. The lowest BCUT2D eigenvalue weighted by molar-refractivity contribution is -0.120. The minimum Gasteiger partial charge on any atom is -0.373 e. The summed E-state index contributed by atoms with van der Waals surface area (Å²) in [4.78, 5) is 15.4. The third-order valence-corrected chi connectivity index (χ3v) is 1.88. The minimum absolute atomic E-state index is 0.0849. The van der Waals surface area contributed by atoms with Crippen LogP contribution >= 0.6 is 0 Å². The highest BCUT2D eigenvalue weighted by atomic mass is 16.5. The van der Waals surface area contributed by atoms with Gasteiger partial charge in [0.1, 0.15) is 12.4 Å². The lowest BCUT2D eigenvalue weighted by atomic mass is 10.4. The molecule has 0 unspecified atom stereocenters. The van der Waals surface area contributed by atoms with Crippen LogP contribution in [0.2, 0.25) is 0 Å². The lowest BCUT2D eigenvalue weighted by Gasteiger charge is -2.06. The number of carbonyl (C=O) groups excluding carboxylic acids is 1. The third kappa shape index (κ3) is 4.27. The Morgan fingerprint density at radius 2 is 2.31 bits per heavy atom. The largest absolute Gasteiger partial charge is 0.373 e. The van der Waals surface area contributed by atoms with E-state index in [1.807, 2.05) is 6.92 Å². The molecule has 1 aromatic rings. The van der Waals surface area contributed by atoms with Crippen LogP contribution in [0.5, 0.6) is 0 Å². The Morgan fingerprint density at radius 1 is 1.50 bits per heavy atom. The van der Waals surface area contributed by atoms with Gasteiger partial charge in [-0.2, -0.15) is 0 Å². The van der Waals surface area contributed by atoms with Crippen molar-refractivity contribution in [2.75, 3.05) is 30.9 Å². The van der Waals surface area contributed by atoms with Crippen molar-refractivity contribution >= 4 is 17.4 Å². The summed E-state index contributed by atoms with van der Waals surface area (Å²) in [5.74, 6) is 0.604. The van der Waals surface area contributed by atoms with Crippen LogP contribution in [0.25, 0.3) is 0 Å². The predicted molar refractivity (Wildman–Crippen MR) is 63.5 cm³/mol. The average Bonchev–Trinajstić information content (AvgIpc) is 2.30. The van der Waals surface area contributed by atoms with E-state index >= 15 is 0 Å². The number of hydrogen-bond donors (Lipinski definition) is 2. The summed E-state index contributed by atoms with van der Waals surface area (Å²) in [5.41, 5.74) is 0.670. The number of ether oxygens (including phenoxy) is 1. The molecule has 1 amide bonds. The van der Waals surface area contributed by atoms with Crippen molar-refractivity contribution in [3.8, 4) is 0 Å². The first kappa shape index (κ1) is 12.4. The average molecular weight is 223 g/mol. The number of anilines is 2. The highest BCUT2D eigenvalue weighted by Crippen LogP contribution is 2.08. The summed E-state index contributed by atoms with van der Waals surface area (Å²) in [6.07, 6.45) is 2.51. The van der Waals surface area contributed by atoms with E-state index in [-0.39, 0.29) is 12.5 Å². The molecule has 5 nitrogen and oxygen atoms in total. The van der Waals surface area contributed by atoms with Gasteiger partial charge in [0.05, 0.1) is 11.9 Å². The van der Waals surface area contributed by atoms with E-state index < -0.39 is 0 Å². The highest BCUT2D eigenvalue weighted by molar-refractivity contribution is 5.91. The first-order valence-electron chi connectivity index (χ1n) is 5.27. The fraction of sp³-hybridized carbons (Fsp3) is 0.455. The van der Waals surface area contributed by atoms with Crippen LogP contribution in [0.4, 0.5) is 11.5 Å². The summed E-state index contributed by atoms with van der Waals surface area (Å²) >= 11 is 0. The fourth-order valence-corrected chi connectivity index (χ4v) is 1.12. The summed E-state index contributed by atoms with van der Waals surface area (Å²) in [6.45, 7) is 2.68. The topological polar surface area (TPSA) is 63.2 Å². The Balaban J connectivity index is 2.37. The standard InChI is InChI=1S/C11H17N3O2/c1-3-6-16-8-11(15)14-9-4-5-10(12-2)13-7-9/h4-5,7H,3,6,8H2,1-2H3,(H,12,13)(H,14,15). The van der Waals surface area contributed by atoms with Gasteiger partial charge < -0.3 is 15.4 Å². The van der Waals surface area contributed by atoms with Crippen LogP contribution in [0.1, 0.15) is 13.3 Å². The van der Waals surface area contributed by atoms with E-state index in [4.69, 9.17) is 4.74 Å². The summed E-state index contributed by atoms with van der Waals surface area (Å²) in [7, 11) is 1.79. The number of nitrogens with zero attached hydrogens (tertiary/aromatic N) is 1. The summed E-state index contributed by atoms with van der Waals surface area (Å²) in [6, 6.07) is 3.58. The van der Waals surface area contributed by atoms with Gasteiger partial charge >= 0.3 is 0 Å². The molecule has 5 heteroatoms. The number of amides is 1. The molecule has 2 N–H and O–H groups in total. The van der Waals surface area contributed by atoms with Crippen molar-refractivity contribution in [2.45, 2.75) is 13.3 Å². The molecule has 0 aromatic carbocycles. The van der Waals surface area contributed by atoms with Crippen molar-refractivity contribution in [1.29, 1.82) is 0 Å². The third-order valence-electron chi connectivity index (χ3n) is 1.88. The van der Waals surface area contributed by atoms with Gasteiger partial charge in [-0.25, -0.2) is 4.98 Å². The second kappa shape index (κ2) is 6.79. The summed E-state index contributed by atoms with van der Waals surface area (Å²) in [5, 5.41) is 5.60. The van der Waals surface area contributed by atoms with Gasteiger partial charge in [0, 0.05) is 13.7 Å². The zero-order valence-corrected chi connectivity index (χ0v) is 9.62. The fourth-order valence-electron chi connectivity index (χ4n) is 1.12. The van der Waals surface area contributed by atoms with Crippen LogP contribution in [-0.2, 0) is 9.53 Å². The molecule has 1 rings (SSSR count). The highest BCUT2D eigenvalue weighted by Gasteiger charge is 2.02. The van der Waals surface area contributed by atoms with E-state index in [1.54, 1.807) is 25.4 Å². The van der Waals surface area contributed by atoms with E-state index in [2.05, 4.69) is 15.6 Å². The van der Waals surface area contributed by atoms with Crippen LogP contribution in [0.3, 0.4) is 0 Å². The molecule has 1 heterocycles. The molecule has 0 spiro atoms. The van der Waals surface area contributed by atoms with Crippen molar-refractivity contribution in [2.24, 2.45) is 0 Å². The number of rotatable bonds is 6. The van der Waals surface area contributed by atoms with Crippen LogP contribution in [-0.4, -0.2) is 31.2 Å². The second-order valence-corrected chi connectivity index (χ2v) is 3.28. The molecule has 0 aliphatic carbocycles. The van der Waals surface area contributed by atoms with E-state index in [9.17, 15) is 4.79 Å². The normalized spacial score (nSPS) is 9.88. The molecule has 0 saturated heterocycles. The van der Waals surface area contributed by atoms with Gasteiger partial charge in [-0.05, 0) is 18.6 Å². The molecule has 0 radical (unpaired) electrons. The van der Waals surface area contributed by atoms with Gasteiger partial charge in [0.2, 0.25) is 5.91 Å². The molecule has 0 bridgehead atoms. The smallest absolute Gasteiger partial charge is 0.250 e. The van der Waals surface area contributed by atoms with Crippen molar-refractivity contribution in [1.82, 2.24) is 4.98 Å². The molecule has 0 aliphatic rings. The molecule has 0 aliphatic heterocycles. The maximum absolute atomic E-state index is 11.4. The number of nitrogens with one attached hydrogen (secondary N) is 2. The first-order valence-corrected chi connectivity index (χ1v) is 5.27. The monoisotopic (exact) mass is 223 g/mol.